The lowest BCUT2D eigenvalue weighted by Crippen LogP contribution is -2.25. The minimum absolute atomic E-state index is 0.261. The maximum absolute atomic E-state index is 9.16. The van der Waals surface area contributed by atoms with Crippen LogP contribution in [0.4, 0.5) is 0 Å². The summed E-state index contributed by atoms with van der Waals surface area (Å²) >= 11 is 0. The molecule has 4 heteroatoms. The Kier molecular flexibility index (Phi) is 6.33. The van der Waals surface area contributed by atoms with Gasteiger partial charge in [0.25, 0.3) is 0 Å². The van der Waals surface area contributed by atoms with Gasteiger partial charge in [-0.1, -0.05) is 26.0 Å². The van der Waals surface area contributed by atoms with Crippen LogP contribution in [-0.4, -0.2) is 31.5 Å². The molecule has 0 radical (unpaired) electrons. The van der Waals surface area contributed by atoms with Crippen LogP contribution in [0, 0.1) is 11.8 Å². The Morgan fingerprint density at radius 1 is 1.24 bits per heavy atom. The molecule has 2 N–H and O–H groups in total. The van der Waals surface area contributed by atoms with E-state index in [9.17, 15) is 0 Å². The zero-order chi connectivity index (χ0) is 15.1. The van der Waals surface area contributed by atoms with E-state index in [4.69, 9.17) is 14.6 Å². The van der Waals surface area contributed by atoms with Crippen LogP contribution in [-0.2, 0) is 6.54 Å². The van der Waals surface area contributed by atoms with Gasteiger partial charge < -0.3 is 19.9 Å². The first kappa shape index (κ1) is 16.1. The van der Waals surface area contributed by atoms with Crippen molar-refractivity contribution in [2.45, 2.75) is 33.2 Å². The van der Waals surface area contributed by atoms with Crippen LogP contribution in [0.2, 0.25) is 0 Å². The number of fused-ring (bicyclic) bond motifs is 1. The Morgan fingerprint density at radius 3 is 2.81 bits per heavy atom. The summed E-state index contributed by atoms with van der Waals surface area (Å²) in [5.41, 5.74) is 1.14. The second-order valence-corrected chi connectivity index (χ2v) is 6.08. The fourth-order valence-electron chi connectivity index (χ4n) is 2.84. The molecule has 0 aliphatic carbocycles. The highest BCUT2D eigenvalue weighted by molar-refractivity contribution is 5.47. The molecular formula is C17H27NO3. The smallest absolute Gasteiger partial charge is 0.165 e. The van der Waals surface area contributed by atoms with Crippen LogP contribution in [0.5, 0.6) is 11.5 Å². The van der Waals surface area contributed by atoms with Crippen LogP contribution < -0.4 is 14.8 Å². The molecule has 0 saturated heterocycles. The maximum atomic E-state index is 9.16. The van der Waals surface area contributed by atoms with Gasteiger partial charge in [0, 0.05) is 18.7 Å². The minimum atomic E-state index is 0.261. The van der Waals surface area contributed by atoms with Crippen molar-refractivity contribution in [1.29, 1.82) is 0 Å². The molecule has 0 amide bonds. The van der Waals surface area contributed by atoms with Crippen molar-refractivity contribution in [1.82, 2.24) is 5.32 Å². The minimum Gasteiger partial charge on any atom is -0.486 e. The van der Waals surface area contributed by atoms with E-state index in [2.05, 4.69) is 25.2 Å². The second-order valence-electron chi connectivity index (χ2n) is 6.08. The van der Waals surface area contributed by atoms with E-state index in [0.717, 1.165) is 43.0 Å². The van der Waals surface area contributed by atoms with Gasteiger partial charge in [-0.05, 0) is 37.3 Å². The van der Waals surface area contributed by atoms with E-state index < -0.39 is 0 Å². The van der Waals surface area contributed by atoms with Crippen LogP contribution in [0.3, 0.4) is 0 Å². The molecule has 0 bridgehead atoms. The Hall–Kier alpha value is -1.26. The Labute approximate surface area is 127 Å². The fourth-order valence-corrected chi connectivity index (χ4v) is 2.84. The number of rotatable bonds is 8. The molecule has 4 nitrogen and oxygen atoms in total. The SMILES string of the molecule is CC(C)CC(CCO)CNCc1cccc2c1OCCO2. The molecule has 1 aliphatic heterocycles. The lowest BCUT2D eigenvalue weighted by atomic mass is 9.94. The third kappa shape index (κ3) is 4.90. The number of aliphatic hydroxyl groups excluding tert-OH is 1. The van der Waals surface area contributed by atoms with Gasteiger partial charge in [-0.2, -0.15) is 0 Å². The predicted octanol–water partition coefficient (Wildman–Crippen LogP) is 2.59. The third-order valence-electron chi connectivity index (χ3n) is 3.74. The predicted molar refractivity (Wildman–Crippen MR) is 83.8 cm³/mol. The summed E-state index contributed by atoms with van der Waals surface area (Å²) in [7, 11) is 0. The summed E-state index contributed by atoms with van der Waals surface area (Å²) < 4.78 is 11.3. The van der Waals surface area contributed by atoms with Crippen LogP contribution >= 0.6 is 0 Å². The van der Waals surface area contributed by atoms with Crippen LogP contribution in [0.1, 0.15) is 32.3 Å². The van der Waals surface area contributed by atoms with E-state index in [0.29, 0.717) is 25.0 Å². The average molecular weight is 293 g/mol. The van der Waals surface area contributed by atoms with Gasteiger partial charge in [-0.15, -0.1) is 0 Å². The Bertz CT molecular complexity index is 434. The lowest BCUT2D eigenvalue weighted by molar-refractivity contribution is 0.169. The van der Waals surface area contributed by atoms with E-state index in [1.165, 1.54) is 0 Å². The zero-order valence-electron chi connectivity index (χ0n) is 13.1. The Morgan fingerprint density at radius 2 is 2.05 bits per heavy atom. The number of aliphatic hydroxyl groups is 1. The van der Waals surface area contributed by atoms with Crippen molar-refractivity contribution in [3.05, 3.63) is 23.8 Å². The first-order valence-electron chi connectivity index (χ1n) is 7.89. The maximum Gasteiger partial charge on any atom is 0.165 e. The fraction of sp³-hybridized carbons (Fsp3) is 0.647. The van der Waals surface area contributed by atoms with E-state index in [-0.39, 0.29) is 6.61 Å². The number of ether oxygens (including phenoxy) is 2. The zero-order valence-corrected chi connectivity index (χ0v) is 13.1. The first-order chi connectivity index (χ1) is 10.2. The highest BCUT2D eigenvalue weighted by Gasteiger charge is 2.16. The number of benzene rings is 1. The molecule has 1 aliphatic rings. The Balaban J connectivity index is 1.87. The molecule has 1 atom stereocenters. The van der Waals surface area contributed by atoms with Crippen LogP contribution in [0.25, 0.3) is 0 Å². The molecule has 1 aromatic rings. The second kappa shape index (κ2) is 8.25. The summed E-state index contributed by atoms with van der Waals surface area (Å²) in [6.45, 7) is 7.64. The topological polar surface area (TPSA) is 50.7 Å². The van der Waals surface area contributed by atoms with Crippen molar-refractivity contribution >= 4 is 0 Å². The third-order valence-corrected chi connectivity index (χ3v) is 3.74. The van der Waals surface area contributed by atoms with Gasteiger partial charge in [-0.25, -0.2) is 0 Å². The van der Waals surface area contributed by atoms with Crippen LogP contribution in [0.15, 0.2) is 18.2 Å². The van der Waals surface area contributed by atoms with Gasteiger partial charge >= 0.3 is 0 Å². The summed E-state index contributed by atoms with van der Waals surface area (Å²) in [6.07, 6.45) is 2.00. The number of para-hydroxylation sites is 1. The molecular weight excluding hydrogens is 266 g/mol. The molecule has 2 rings (SSSR count). The first-order valence-corrected chi connectivity index (χ1v) is 7.89. The largest absolute Gasteiger partial charge is 0.486 e. The number of hydrogen-bond donors (Lipinski definition) is 2. The highest BCUT2D eigenvalue weighted by atomic mass is 16.6. The quantitative estimate of drug-likeness (QED) is 0.773. The molecule has 21 heavy (non-hydrogen) atoms. The summed E-state index contributed by atoms with van der Waals surface area (Å²) in [4.78, 5) is 0. The highest BCUT2D eigenvalue weighted by Crippen LogP contribution is 2.33. The van der Waals surface area contributed by atoms with Crippen molar-refractivity contribution in [2.24, 2.45) is 11.8 Å². The normalized spacial score (nSPS) is 15.2. The molecule has 118 valence electrons. The van der Waals surface area contributed by atoms with Gasteiger partial charge in [-0.3, -0.25) is 0 Å². The van der Waals surface area contributed by atoms with Crippen molar-refractivity contribution in [2.75, 3.05) is 26.4 Å². The van der Waals surface area contributed by atoms with Gasteiger partial charge in [0.1, 0.15) is 13.2 Å². The van der Waals surface area contributed by atoms with Crippen molar-refractivity contribution in [3.8, 4) is 11.5 Å². The molecule has 0 fully saturated rings. The van der Waals surface area contributed by atoms with E-state index in [1.807, 2.05) is 12.1 Å². The monoisotopic (exact) mass is 293 g/mol. The van der Waals surface area contributed by atoms with Gasteiger partial charge in [0.15, 0.2) is 11.5 Å². The van der Waals surface area contributed by atoms with Crippen molar-refractivity contribution in [3.63, 3.8) is 0 Å². The molecule has 1 aromatic carbocycles. The average Bonchev–Trinajstić information content (AvgIpc) is 2.47. The van der Waals surface area contributed by atoms with E-state index >= 15 is 0 Å². The number of nitrogens with one attached hydrogen (secondary N) is 1. The molecule has 0 spiro atoms. The summed E-state index contributed by atoms with van der Waals surface area (Å²) in [5.74, 6) is 2.89. The van der Waals surface area contributed by atoms with Gasteiger partial charge in [0.05, 0.1) is 0 Å². The molecule has 1 heterocycles. The van der Waals surface area contributed by atoms with E-state index in [1.54, 1.807) is 0 Å². The number of hydrogen-bond acceptors (Lipinski definition) is 4. The van der Waals surface area contributed by atoms with Crippen molar-refractivity contribution < 1.29 is 14.6 Å². The summed E-state index contributed by atoms with van der Waals surface area (Å²) in [5, 5.41) is 12.7. The molecule has 0 saturated carbocycles. The molecule has 0 aromatic heterocycles. The van der Waals surface area contributed by atoms with Gasteiger partial charge in [0.2, 0.25) is 0 Å². The lowest BCUT2D eigenvalue weighted by Gasteiger charge is -2.22. The molecule has 1 unspecified atom stereocenters. The summed E-state index contributed by atoms with van der Waals surface area (Å²) in [6, 6.07) is 6.03. The standard InChI is InChI=1S/C17H27NO3/c1-13(2)10-14(6-7-19)11-18-12-15-4-3-5-16-17(15)21-9-8-20-16/h3-5,13-14,18-19H,6-12H2,1-2H3.